The molecule has 0 bridgehead atoms. The quantitative estimate of drug-likeness (QED) is 0.684. The second-order valence-corrected chi connectivity index (χ2v) is 4.59. The van der Waals surface area contributed by atoms with Crippen molar-refractivity contribution in [2.45, 2.75) is 25.7 Å². The first-order valence-electron chi connectivity index (χ1n) is 5.75. The molecule has 1 aliphatic carbocycles. The normalized spacial score (nSPS) is 33.5. The van der Waals surface area contributed by atoms with E-state index in [0.717, 1.165) is 19.0 Å². The fourth-order valence-electron chi connectivity index (χ4n) is 3.05. The van der Waals surface area contributed by atoms with Crippen molar-refractivity contribution in [3.63, 3.8) is 0 Å². The molecular formula is C11H20N2O. The Kier molecular flexibility index (Phi) is 3.06. The average molecular weight is 196 g/mol. The van der Waals surface area contributed by atoms with Gasteiger partial charge in [0.05, 0.1) is 5.92 Å². The predicted octanol–water partition coefficient (Wildman–Crippen LogP) is 0.758. The van der Waals surface area contributed by atoms with E-state index in [0.29, 0.717) is 5.92 Å². The van der Waals surface area contributed by atoms with Gasteiger partial charge >= 0.3 is 0 Å². The van der Waals surface area contributed by atoms with Crippen LogP contribution in [-0.4, -0.2) is 26.0 Å². The minimum atomic E-state index is 0.225. The molecule has 80 valence electrons. The second kappa shape index (κ2) is 4.30. The van der Waals surface area contributed by atoms with Crippen molar-refractivity contribution >= 4 is 5.91 Å². The monoisotopic (exact) mass is 196 g/mol. The van der Waals surface area contributed by atoms with E-state index >= 15 is 0 Å². The molecule has 1 saturated heterocycles. The lowest BCUT2D eigenvalue weighted by molar-refractivity contribution is -0.125. The zero-order chi connectivity index (χ0) is 9.97. The van der Waals surface area contributed by atoms with E-state index < -0.39 is 0 Å². The molecule has 1 aliphatic heterocycles. The van der Waals surface area contributed by atoms with Crippen molar-refractivity contribution in [1.82, 2.24) is 10.6 Å². The molecule has 2 N–H and O–H groups in total. The molecule has 0 aromatic carbocycles. The molecule has 0 spiro atoms. The summed E-state index contributed by atoms with van der Waals surface area (Å²) in [4.78, 5) is 11.6. The van der Waals surface area contributed by atoms with E-state index in [-0.39, 0.29) is 11.8 Å². The molecule has 3 nitrogen and oxygen atoms in total. The van der Waals surface area contributed by atoms with E-state index in [4.69, 9.17) is 0 Å². The summed E-state index contributed by atoms with van der Waals surface area (Å²) in [6, 6.07) is 0. The summed E-state index contributed by atoms with van der Waals surface area (Å²) in [6.07, 6.45) is 5.39. The number of carbonyl (C=O) groups is 1. The highest BCUT2D eigenvalue weighted by Gasteiger charge is 2.38. The molecule has 3 heteroatoms. The van der Waals surface area contributed by atoms with E-state index in [9.17, 15) is 4.79 Å². The van der Waals surface area contributed by atoms with E-state index in [1.54, 1.807) is 7.05 Å². The zero-order valence-corrected chi connectivity index (χ0v) is 8.88. The van der Waals surface area contributed by atoms with Gasteiger partial charge in [-0.25, -0.2) is 0 Å². The molecule has 1 saturated carbocycles. The van der Waals surface area contributed by atoms with Gasteiger partial charge in [-0.2, -0.15) is 0 Å². The van der Waals surface area contributed by atoms with E-state index in [1.807, 2.05) is 0 Å². The van der Waals surface area contributed by atoms with Crippen molar-refractivity contribution in [1.29, 1.82) is 0 Å². The minimum Gasteiger partial charge on any atom is -0.359 e. The summed E-state index contributed by atoms with van der Waals surface area (Å²) in [5.74, 6) is 1.85. The van der Waals surface area contributed by atoms with Crippen LogP contribution in [0, 0.1) is 17.8 Å². The SMILES string of the molecule is CNC(=O)[C@@H]1CNC[C@H]1C1CCCC1. The summed E-state index contributed by atoms with van der Waals surface area (Å²) >= 11 is 0. The van der Waals surface area contributed by atoms with Crippen LogP contribution in [0.25, 0.3) is 0 Å². The van der Waals surface area contributed by atoms with E-state index in [2.05, 4.69) is 10.6 Å². The van der Waals surface area contributed by atoms with Gasteiger partial charge in [-0.3, -0.25) is 4.79 Å². The summed E-state index contributed by atoms with van der Waals surface area (Å²) < 4.78 is 0. The van der Waals surface area contributed by atoms with Crippen LogP contribution in [0.3, 0.4) is 0 Å². The first-order valence-corrected chi connectivity index (χ1v) is 5.75. The van der Waals surface area contributed by atoms with Crippen LogP contribution in [0.1, 0.15) is 25.7 Å². The van der Waals surface area contributed by atoms with Crippen molar-refractivity contribution in [2.75, 3.05) is 20.1 Å². The number of carbonyl (C=O) groups excluding carboxylic acids is 1. The standard InChI is InChI=1S/C11H20N2O/c1-12-11(14)10-7-13-6-9(10)8-4-2-3-5-8/h8-10,13H,2-7H2,1H3,(H,12,14)/t9-,10+/m0/s1. The molecule has 0 radical (unpaired) electrons. The minimum absolute atomic E-state index is 0.225. The lowest BCUT2D eigenvalue weighted by Crippen LogP contribution is -2.34. The molecule has 0 aromatic heterocycles. The number of nitrogens with one attached hydrogen (secondary N) is 2. The Morgan fingerprint density at radius 3 is 2.64 bits per heavy atom. The Balaban J connectivity index is 1.98. The highest BCUT2D eigenvalue weighted by atomic mass is 16.1. The third-order valence-electron chi connectivity index (χ3n) is 3.85. The lowest BCUT2D eigenvalue weighted by Gasteiger charge is -2.22. The van der Waals surface area contributed by atoms with Crippen molar-refractivity contribution < 1.29 is 4.79 Å². The number of amides is 1. The lowest BCUT2D eigenvalue weighted by atomic mass is 9.82. The van der Waals surface area contributed by atoms with Gasteiger partial charge in [-0.15, -0.1) is 0 Å². The largest absolute Gasteiger partial charge is 0.359 e. The third-order valence-corrected chi connectivity index (χ3v) is 3.85. The highest BCUT2D eigenvalue weighted by molar-refractivity contribution is 5.79. The third kappa shape index (κ3) is 1.78. The van der Waals surface area contributed by atoms with Crippen LogP contribution in [-0.2, 0) is 4.79 Å². The molecular weight excluding hydrogens is 176 g/mol. The van der Waals surface area contributed by atoms with Gasteiger partial charge in [-0.1, -0.05) is 25.7 Å². The second-order valence-electron chi connectivity index (χ2n) is 4.59. The molecule has 2 aliphatic rings. The topological polar surface area (TPSA) is 41.1 Å². The average Bonchev–Trinajstić information content (AvgIpc) is 2.85. The van der Waals surface area contributed by atoms with Gasteiger partial charge < -0.3 is 10.6 Å². The molecule has 1 heterocycles. The van der Waals surface area contributed by atoms with Crippen LogP contribution in [0.4, 0.5) is 0 Å². The van der Waals surface area contributed by atoms with E-state index in [1.165, 1.54) is 25.7 Å². The maximum absolute atomic E-state index is 11.6. The van der Waals surface area contributed by atoms with Gasteiger partial charge in [0.1, 0.15) is 0 Å². The number of rotatable bonds is 2. The highest BCUT2D eigenvalue weighted by Crippen LogP contribution is 2.36. The van der Waals surface area contributed by atoms with Crippen molar-refractivity contribution in [3.05, 3.63) is 0 Å². The van der Waals surface area contributed by atoms with Gasteiger partial charge in [0.2, 0.25) is 5.91 Å². The Morgan fingerprint density at radius 1 is 1.29 bits per heavy atom. The van der Waals surface area contributed by atoms with Crippen molar-refractivity contribution in [3.8, 4) is 0 Å². The summed E-state index contributed by atoms with van der Waals surface area (Å²) in [6.45, 7) is 1.92. The maximum Gasteiger partial charge on any atom is 0.224 e. The maximum atomic E-state index is 11.6. The van der Waals surface area contributed by atoms with Gasteiger partial charge in [-0.05, 0) is 18.4 Å². The zero-order valence-electron chi connectivity index (χ0n) is 8.88. The molecule has 0 aromatic rings. The van der Waals surface area contributed by atoms with Crippen molar-refractivity contribution in [2.24, 2.45) is 17.8 Å². The Morgan fingerprint density at radius 2 is 2.00 bits per heavy atom. The molecule has 2 atom stereocenters. The fraction of sp³-hybridized carbons (Fsp3) is 0.909. The molecule has 0 unspecified atom stereocenters. The molecule has 1 amide bonds. The van der Waals surface area contributed by atoms with Gasteiger partial charge in [0, 0.05) is 13.6 Å². The van der Waals surface area contributed by atoms with Crippen LogP contribution >= 0.6 is 0 Å². The van der Waals surface area contributed by atoms with Crippen LogP contribution < -0.4 is 10.6 Å². The number of hydrogen-bond donors (Lipinski definition) is 2. The summed E-state index contributed by atoms with van der Waals surface area (Å²) in [7, 11) is 1.74. The fourth-order valence-corrected chi connectivity index (χ4v) is 3.05. The number of hydrogen-bond acceptors (Lipinski definition) is 2. The smallest absolute Gasteiger partial charge is 0.224 e. The van der Waals surface area contributed by atoms with Crippen LogP contribution in [0.15, 0.2) is 0 Å². The van der Waals surface area contributed by atoms with Crippen LogP contribution in [0.2, 0.25) is 0 Å². The first-order chi connectivity index (χ1) is 6.83. The Bertz CT molecular complexity index is 211. The Labute approximate surface area is 85.6 Å². The van der Waals surface area contributed by atoms with Gasteiger partial charge in [0.25, 0.3) is 0 Å². The Hall–Kier alpha value is -0.570. The summed E-state index contributed by atoms with van der Waals surface area (Å²) in [5.41, 5.74) is 0. The summed E-state index contributed by atoms with van der Waals surface area (Å²) in [5, 5.41) is 6.14. The molecule has 2 fully saturated rings. The van der Waals surface area contributed by atoms with Crippen LogP contribution in [0.5, 0.6) is 0 Å². The first kappa shape index (κ1) is 9.97. The predicted molar refractivity (Wildman–Crippen MR) is 55.9 cm³/mol. The molecule has 14 heavy (non-hydrogen) atoms. The van der Waals surface area contributed by atoms with Gasteiger partial charge in [0.15, 0.2) is 0 Å². The molecule has 2 rings (SSSR count).